The number of hydrogen-bond donors (Lipinski definition) is 2. The van der Waals surface area contributed by atoms with Crippen molar-refractivity contribution in [3.05, 3.63) is 69.2 Å². The minimum Gasteiger partial charge on any atom is -0.348 e. The third-order valence-corrected chi connectivity index (χ3v) is 4.28. The topological polar surface area (TPSA) is 58.2 Å². The molecule has 1 atom stereocenters. The molecule has 0 bridgehead atoms. The number of nitrogens with one attached hydrogen (secondary N) is 2. The van der Waals surface area contributed by atoms with E-state index in [2.05, 4.69) is 26.6 Å². The number of hydrogen-bond acceptors (Lipinski definition) is 2. The van der Waals surface area contributed by atoms with Gasteiger partial charge in [0.1, 0.15) is 0 Å². The fourth-order valence-electron chi connectivity index (χ4n) is 2.25. The lowest BCUT2D eigenvalue weighted by molar-refractivity contribution is -0.120. The second kappa shape index (κ2) is 8.85. The summed E-state index contributed by atoms with van der Waals surface area (Å²) in [6.45, 7) is 1.91. The van der Waals surface area contributed by atoms with Gasteiger partial charge in [-0.3, -0.25) is 9.59 Å². The van der Waals surface area contributed by atoms with Crippen molar-refractivity contribution in [3.8, 4) is 0 Å². The molecule has 0 saturated carbocycles. The van der Waals surface area contributed by atoms with Crippen molar-refractivity contribution in [3.63, 3.8) is 0 Å². The van der Waals surface area contributed by atoms with Crippen molar-refractivity contribution in [2.24, 2.45) is 0 Å². The maximum absolute atomic E-state index is 12.1. The van der Waals surface area contributed by atoms with E-state index in [4.69, 9.17) is 11.6 Å². The Morgan fingerprint density at radius 3 is 2.50 bits per heavy atom. The molecule has 6 heteroatoms. The van der Waals surface area contributed by atoms with Gasteiger partial charge in [-0.2, -0.15) is 0 Å². The molecule has 0 radical (unpaired) electrons. The zero-order valence-electron chi connectivity index (χ0n) is 13.2. The van der Waals surface area contributed by atoms with Crippen LogP contribution >= 0.6 is 27.5 Å². The van der Waals surface area contributed by atoms with Crippen molar-refractivity contribution in [2.45, 2.75) is 19.4 Å². The minimum atomic E-state index is -0.329. The number of carbonyl (C=O) groups is 2. The summed E-state index contributed by atoms with van der Waals surface area (Å²) in [5, 5.41) is 6.00. The van der Waals surface area contributed by atoms with Crippen molar-refractivity contribution >= 4 is 39.3 Å². The molecule has 0 aliphatic heterocycles. The zero-order chi connectivity index (χ0) is 17.5. The third kappa shape index (κ3) is 5.35. The van der Waals surface area contributed by atoms with Gasteiger partial charge in [0.2, 0.25) is 5.91 Å². The van der Waals surface area contributed by atoms with E-state index in [9.17, 15) is 9.59 Å². The van der Waals surface area contributed by atoms with Crippen LogP contribution in [0.3, 0.4) is 0 Å². The highest BCUT2D eigenvalue weighted by atomic mass is 79.9. The van der Waals surface area contributed by atoms with E-state index in [-0.39, 0.29) is 24.4 Å². The molecule has 2 N–H and O–H groups in total. The van der Waals surface area contributed by atoms with Gasteiger partial charge >= 0.3 is 0 Å². The van der Waals surface area contributed by atoms with Crippen molar-refractivity contribution in [1.82, 2.24) is 10.6 Å². The molecule has 2 amide bonds. The molecule has 0 heterocycles. The highest BCUT2D eigenvalue weighted by molar-refractivity contribution is 9.10. The lowest BCUT2D eigenvalue weighted by Crippen LogP contribution is -2.38. The van der Waals surface area contributed by atoms with E-state index in [0.29, 0.717) is 10.6 Å². The van der Waals surface area contributed by atoms with Crippen molar-refractivity contribution in [1.29, 1.82) is 0 Å². The summed E-state index contributed by atoms with van der Waals surface area (Å²) in [6.07, 6.45) is 0.760. The van der Waals surface area contributed by atoms with Gasteiger partial charge in [-0.15, -0.1) is 0 Å². The van der Waals surface area contributed by atoms with E-state index < -0.39 is 0 Å². The summed E-state index contributed by atoms with van der Waals surface area (Å²) < 4.78 is 0.987. The molecule has 2 aromatic carbocycles. The summed E-state index contributed by atoms with van der Waals surface area (Å²) in [7, 11) is 0. The van der Waals surface area contributed by atoms with E-state index in [1.165, 1.54) is 0 Å². The van der Waals surface area contributed by atoms with Crippen LogP contribution < -0.4 is 10.6 Å². The maximum atomic E-state index is 12.1. The quantitative estimate of drug-likeness (QED) is 0.754. The SMILES string of the molecule is CCC(NC(=O)CNC(=O)c1cccc(Cl)c1)c1ccc(Br)cc1. The summed E-state index contributed by atoms with van der Waals surface area (Å²) in [4.78, 5) is 24.1. The van der Waals surface area contributed by atoms with E-state index in [0.717, 1.165) is 16.5 Å². The fourth-order valence-corrected chi connectivity index (χ4v) is 2.71. The molecule has 4 nitrogen and oxygen atoms in total. The fraction of sp³-hybridized carbons (Fsp3) is 0.222. The van der Waals surface area contributed by atoms with Gasteiger partial charge < -0.3 is 10.6 Å². The van der Waals surface area contributed by atoms with Crippen LogP contribution in [0.1, 0.15) is 35.3 Å². The molecule has 126 valence electrons. The standard InChI is InChI=1S/C18H18BrClN2O2/c1-2-16(12-6-8-14(19)9-7-12)22-17(23)11-21-18(24)13-4-3-5-15(20)10-13/h3-10,16H,2,11H2,1H3,(H,21,24)(H,22,23). The van der Waals surface area contributed by atoms with Crippen LogP contribution in [0.15, 0.2) is 53.0 Å². The molecule has 0 fully saturated rings. The predicted octanol–water partition coefficient (Wildman–Crippen LogP) is 4.10. The number of benzene rings is 2. The molecule has 0 spiro atoms. The summed E-state index contributed by atoms with van der Waals surface area (Å²) in [5.41, 5.74) is 1.45. The molecular weight excluding hydrogens is 392 g/mol. The Labute approximate surface area is 154 Å². The number of amides is 2. The highest BCUT2D eigenvalue weighted by Gasteiger charge is 2.14. The van der Waals surface area contributed by atoms with E-state index in [1.54, 1.807) is 24.3 Å². The second-order valence-electron chi connectivity index (χ2n) is 5.27. The first-order valence-corrected chi connectivity index (χ1v) is 8.75. The lowest BCUT2D eigenvalue weighted by atomic mass is 10.0. The normalized spacial score (nSPS) is 11.6. The first-order chi connectivity index (χ1) is 11.5. The molecule has 2 rings (SSSR count). The Morgan fingerprint density at radius 1 is 1.17 bits per heavy atom. The average Bonchev–Trinajstić information content (AvgIpc) is 2.58. The van der Waals surface area contributed by atoms with Crippen LogP contribution in [0.5, 0.6) is 0 Å². The van der Waals surface area contributed by atoms with Crippen LogP contribution in [0.25, 0.3) is 0 Å². The second-order valence-corrected chi connectivity index (χ2v) is 6.63. The molecule has 2 aromatic rings. The lowest BCUT2D eigenvalue weighted by Gasteiger charge is -2.18. The van der Waals surface area contributed by atoms with Gasteiger partial charge in [-0.1, -0.05) is 52.7 Å². The molecule has 24 heavy (non-hydrogen) atoms. The first kappa shape index (κ1) is 18.5. The highest BCUT2D eigenvalue weighted by Crippen LogP contribution is 2.19. The van der Waals surface area contributed by atoms with Gasteiger partial charge in [-0.25, -0.2) is 0 Å². The van der Waals surface area contributed by atoms with Crippen LogP contribution in [-0.2, 0) is 4.79 Å². The Kier molecular flexibility index (Phi) is 6.82. The monoisotopic (exact) mass is 408 g/mol. The van der Waals surface area contributed by atoms with Crippen molar-refractivity contribution in [2.75, 3.05) is 6.54 Å². The Morgan fingerprint density at radius 2 is 1.88 bits per heavy atom. The van der Waals surface area contributed by atoms with Gasteiger partial charge in [0, 0.05) is 15.1 Å². The predicted molar refractivity (Wildman–Crippen MR) is 99.1 cm³/mol. The minimum absolute atomic E-state index is 0.0849. The third-order valence-electron chi connectivity index (χ3n) is 3.51. The Balaban J connectivity index is 1.89. The van der Waals surface area contributed by atoms with Gasteiger partial charge in [0.15, 0.2) is 0 Å². The summed E-state index contributed by atoms with van der Waals surface area (Å²) >= 11 is 9.25. The summed E-state index contributed by atoms with van der Waals surface area (Å²) in [6, 6.07) is 14.3. The van der Waals surface area contributed by atoms with Crippen LogP contribution in [0.2, 0.25) is 5.02 Å². The molecule has 1 unspecified atom stereocenters. The number of carbonyl (C=O) groups excluding carboxylic acids is 2. The summed E-state index contributed by atoms with van der Waals surface area (Å²) in [5.74, 6) is -0.565. The number of rotatable bonds is 6. The van der Waals surface area contributed by atoms with Gasteiger partial charge in [0.05, 0.1) is 12.6 Å². The molecule has 0 saturated heterocycles. The molecule has 0 aliphatic carbocycles. The largest absolute Gasteiger partial charge is 0.348 e. The molecule has 0 aliphatic rings. The molecular formula is C18H18BrClN2O2. The number of halogens is 2. The van der Waals surface area contributed by atoms with E-state index in [1.807, 2.05) is 31.2 Å². The smallest absolute Gasteiger partial charge is 0.251 e. The first-order valence-electron chi connectivity index (χ1n) is 7.58. The Hall–Kier alpha value is -1.85. The van der Waals surface area contributed by atoms with E-state index >= 15 is 0 Å². The van der Waals surface area contributed by atoms with Crippen molar-refractivity contribution < 1.29 is 9.59 Å². The van der Waals surface area contributed by atoms with Crippen LogP contribution in [-0.4, -0.2) is 18.4 Å². The molecule has 0 aromatic heterocycles. The maximum Gasteiger partial charge on any atom is 0.251 e. The zero-order valence-corrected chi connectivity index (χ0v) is 15.5. The average molecular weight is 410 g/mol. The van der Waals surface area contributed by atoms with Gasteiger partial charge in [-0.05, 0) is 42.3 Å². The van der Waals surface area contributed by atoms with Crippen LogP contribution in [0.4, 0.5) is 0 Å². The van der Waals surface area contributed by atoms with Crippen LogP contribution in [0, 0.1) is 0 Å². The Bertz CT molecular complexity index is 719. The van der Waals surface area contributed by atoms with Gasteiger partial charge in [0.25, 0.3) is 5.91 Å².